The van der Waals surface area contributed by atoms with Crippen LogP contribution in [0.25, 0.3) is 0 Å². The summed E-state index contributed by atoms with van der Waals surface area (Å²) in [7, 11) is 1.63. The van der Waals surface area contributed by atoms with Crippen LogP contribution in [0.3, 0.4) is 0 Å². The van der Waals surface area contributed by atoms with Gasteiger partial charge in [-0.25, -0.2) is 0 Å². The molecule has 0 heterocycles. The third kappa shape index (κ3) is 5.49. The SMILES string of the molecule is COc1cccc(C(C)NC(=O)CCc2ccccc2N)c1.Cl. The van der Waals surface area contributed by atoms with Gasteiger partial charge in [-0.2, -0.15) is 0 Å². The van der Waals surface area contributed by atoms with Crippen LogP contribution in [0.2, 0.25) is 0 Å². The monoisotopic (exact) mass is 334 g/mol. The van der Waals surface area contributed by atoms with Gasteiger partial charge in [0.2, 0.25) is 5.91 Å². The number of methoxy groups -OCH3 is 1. The molecule has 0 spiro atoms. The highest BCUT2D eigenvalue weighted by molar-refractivity contribution is 5.85. The summed E-state index contributed by atoms with van der Waals surface area (Å²) in [5, 5.41) is 3.00. The Labute approximate surface area is 143 Å². The Balaban J connectivity index is 0.00000264. The maximum absolute atomic E-state index is 12.1. The predicted octanol–water partition coefficient (Wildman–Crippen LogP) is 3.51. The molecule has 0 aromatic heterocycles. The molecule has 2 rings (SSSR count). The van der Waals surface area contributed by atoms with E-state index in [9.17, 15) is 4.79 Å². The quantitative estimate of drug-likeness (QED) is 0.794. The zero-order valence-electron chi connectivity index (χ0n) is 13.4. The Kier molecular flexibility index (Phi) is 7.42. The topological polar surface area (TPSA) is 64.3 Å². The van der Waals surface area contributed by atoms with Crippen LogP contribution in [-0.2, 0) is 11.2 Å². The van der Waals surface area contributed by atoms with Crippen molar-refractivity contribution < 1.29 is 9.53 Å². The normalized spacial score (nSPS) is 11.2. The summed E-state index contributed by atoms with van der Waals surface area (Å²) in [5.74, 6) is 0.800. The fourth-order valence-electron chi connectivity index (χ4n) is 2.32. The van der Waals surface area contributed by atoms with E-state index in [-0.39, 0.29) is 24.4 Å². The van der Waals surface area contributed by atoms with Crippen LogP contribution < -0.4 is 15.8 Å². The maximum atomic E-state index is 12.1. The standard InChI is InChI=1S/C18H22N2O2.ClH/c1-13(15-7-5-8-16(12-15)22-2)20-18(21)11-10-14-6-3-4-9-17(14)19;/h3-9,12-13H,10-11,19H2,1-2H3,(H,20,21);1H. The Morgan fingerprint density at radius 3 is 2.65 bits per heavy atom. The van der Waals surface area contributed by atoms with Crippen molar-refractivity contribution >= 4 is 24.0 Å². The molecule has 0 saturated carbocycles. The molecule has 124 valence electrons. The lowest BCUT2D eigenvalue weighted by Crippen LogP contribution is -2.26. The minimum Gasteiger partial charge on any atom is -0.497 e. The second-order valence-electron chi connectivity index (χ2n) is 5.26. The number of nitrogen functional groups attached to an aromatic ring is 1. The van der Waals surface area contributed by atoms with E-state index in [1.807, 2.05) is 55.5 Å². The molecule has 23 heavy (non-hydrogen) atoms. The summed E-state index contributed by atoms with van der Waals surface area (Å²) in [4.78, 5) is 12.1. The number of aryl methyl sites for hydroxylation is 1. The van der Waals surface area contributed by atoms with Crippen molar-refractivity contribution in [1.82, 2.24) is 5.32 Å². The molecule has 2 aromatic carbocycles. The molecule has 0 aliphatic rings. The van der Waals surface area contributed by atoms with Gasteiger partial charge in [-0.15, -0.1) is 12.4 Å². The number of benzene rings is 2. The van der Waals surface area contributed by atoms with Gasteiger partial charge >= 0.3 is 0 Å². The second-order valence-corrected chi connectivity index (χ2v) is 5.26. The van der Waals surface area contributed by atoms with Gasteiger partial charge in [0.05, 0.1) is 13.2 Å². The molecule has 0 bridgehead atoms. The molecule has 0 radical (unpaired) electrons. The van der Waals surface area contributed by atoms with Crippen molar-refractivity contribution in [3.63, 3.8) is 0 Å². The fraction of sp³-hybridized carbons (Fsp3) is 0.278. The number of rotatable bonds is 6. The number of nitrogens with one attached hydrogen (secondary N) is 1. The third-order valence-electron chi connectivity index (χ3n) is 3.65. The van der Waals surface area contributed by atoms with E-state index >= 15 is 0 Å². The molecule has 1 atom stereocenters. The number of hydrogen-bond donors (Lipinski definition) is 2. The van der Waals surface area contributed by atoms with Crippen molar-refractivity contribution in [3.8, 4) is 5.75 Å². The van der Waals surface area contributed by atoms with Crippen molar-refractivity contribution in [2.24, 2.45) is 0 Å². The first-order chi connectivity index (χ1) is 10.6. The fourth-order valence-corrected chi connectivity index (χ4v) is 2.32. The first-order valence-electron chi connectivity index (χ1n) is 7.37. The zero-order valence-corrected chi connectivity index (χ0v) is 14.2. The van der Waals surface area contributed by atoms with Gasteiger partial charge in [-0.05, 0) is 42.7 Å². The first kappa shape index (κ1) is 18.8. The highest BCUT2D eigenvalue weighted by atomic mass is 35.5. The van der Waals surface area contributed by atoms with Gasteiger partial charge in [-0.1, -0.05) is 30.3 Å². The van der Waals surface area contributed by atoms with Crippen LogP contribution in [0.15, 0.2) is 48.5 Å². The van der Waals surface area contributed by atoms with Crippen LogP contribution in [0.5, 0.6) is 5.75 Å². The molecule has 0 aliphatic heterocycles. The van der Waals surface area contributed by atoms with E-state index in [0.717, 1.165) is 22.6 Å². The van der Waals surface area contributed by atoms with E-state index in [2.05, 4.69) is 5.32 Å². The van der Waals surface area contributed by atoms with Gasteiger partial charge in [-0.3, -0.25) is 4.79 Å². The van der Waals surface area contributed by atoms with Crippen LogP contribution in [0.1, 0.15) is 30.5 Å². The van der Waals surface area contributed by atoms with Crippen molar-refractivity contribution in [2.45, 2.75) is 25.8 Å². The summed E-state index contributed by atoms with van der Waals surface area (Å²) in [6.45, 7) is 1.96. The van der Waals surface area contributed by atoms with Gasteiger partial charge in [0.15, 0.2) is 0 Å². The van der Waals surface area contributed by atoms with Crippen LogP contribution in [-0.4, -0.2) is 13.0 Å². The molecule has 1 amide bonds. The summed E-state index contributed by atoms with van der Waals surface area (Å²) in [6, 6.07) is 15.3. The largest absolute Gasteiger partial charge is 0.497 e. The van der Waals surface area contributed by atoms with Crippen LogP contribution in [0.4, 0.5) is 5.69 Å². The van der Waals surface area contributed by atoms with Crippen LogP contribution in [0, 0.1) is 0 Å². The number of nitrogens with two attached hydrogens (primary N) is 1. The second kappa shape index (κ2) is 9.06. The molecule has 1 unspecified atom stereocenters. The number of hydrogen-bond acceptors (Lipinski definition) is 3. The summed E-state index contributed by atoms with van der Waals surface area (Å²) >= 11 is 0. The molecule has 5 heteroatoms. The molecule has 0 saturated heterocycles. The van der Waals surface area contributed by atoms with E-state index in [0.29, 0.717) is 12.8 Å². The van der Waals surface area contributed by atoms with Gasteiger partial charge in [0, 0.05) is 12.1 Å². The number of halogens is 1. The summed E-state index contributed by atoms with van der Waals surface area (Å²) < 4.78 is 5.20. The van der Waals surface area contributed by atoms with E-state index in [1.54, 1.807) is 7.11 Å². The summed E-state index contributed by atoms with van der Waals surface area (Å²) in [6.07, 6.45) is 1.06. The van der Waals surface area contributed by atoms with Gasteiger partial charge < -0.3 is 15.8 Å². The first-order valence-corrected chi connectivity index (χ1v) is 7.37. The molecule has 0 fully saturated rings. The Hall–Kier alpha value is -2.20. The molecule has 0 aliphatic carbocycles. The van der Waals surface area contributed by atoms with E-state index in [1.165, 1.54) is 0 Å². The molecule has 4 nitrogen and oxygen atoms in total. The average Bonchev–Trinajstić information content (AvgIpc) is 2.54. The lowest BCUT2D eigenvalue weighted by Gasteiger charge is -2.15. The lowest BCUT2D eigenvalue weighted by atomic mass is 10.1. The number of carbonyl (C=O) groups excluding carboxylic acids is 1. The number of amides is 1. The highest BCUT2D eigenvalue weighted by Crippen LogP contribution is 2.19. The molecular formula is C18H23ClN2O2. The Morgan fingerprint density at radius 2 is 1.96 bits per heavy atom. The van der Waals surface area contributed by atoms with Gasteiger partial charge in [0.25, 0.3) is 0 Å². The van der Waals surface area contributed by atoms with Crippen molar-refractivity contribution in [3.05, 3.63) is 59.7 Å². The zero-order chi connectivity index (χ0) is 15.9. The third-order valence-corrected chi connectivity index (χ3v) is 3.65. The molecular weight excluding hydrogens is 312 g/mol. The Morgan fingerprint density at radius 1 is 1.22 bits per heavy atom. The van der Waals surface area contributed by atoms with Crippen LogP contribution >= 0.6 is 12.4 Å². The maximum Gasteiger partial charge on any atom is 0.220 e. The van der Waals surface area contributed by atoms with E-state index < -0.39 is 0 Å². The molecule has 3 N–H and O–H groups in total. The molecule has 2 aromatic rings. The number of anilines is 1. The predicted molar refractivity (Wildman–Crippen MR) is 96.0 cm³/mol. The summed E-state index contributed by atoms with van der Waals surface area (Å²) in [5.41, 5.74) is 8.64. The highest BCUT2D eigenvalue weighted by Gasteiger charge is 2.11. The van der Waals surface area contributed by atoms with Gasteiger partial charge in [0.1, 0.15) is 5.75 Å². The average molecular weight is 335 g/mol. The van der Waals surface area contributed by atoms with E-state index in [4.69, 9.17) is 10.5 Å². The van der Waals surface area contributed by atoms with Crippen molar-refractivity contribution in [1.29, 1.82) is 0 Å². The lowest BCUT2D eigenvalue weighted by molar-refractivity contribution is -0.121. The smallest absolute Gasteiger partial charge is 0.220 e. The number of para-hydroxylation sites is 1. The number of ether oxygens (including phenoxy) is 1. The minimum absolute atomic E-state index is 0. The number of carbonyl (C=O) groups is 1. The Bertz CT molecular complexity index is 646. The van der Waals surface area contributed by atoms with Crippen molar-refractivity contribution in [2.75, 3.05) is 12.8 Å². The minimum atomic E-state index is -0.0595.